The van der Waals surface area contributed by atoms with Crippen molar-refractivity contribution < 1.29 is 18.0 Å². The molecule has 0 spiro atoms. The second-order valence-electron chi connectivity index (χ2n) is 3.70. The minimum Gasteiger partial charge on any atom is -0.327 e. The molecule has 7 heteroatoms. The number of aromatic nitrogens is 1. The van der Waals surface area contributed by atoms with Gasteiger partial charge in [-0.05, 0) is 18.6 Å². The molecule has 0 aliphatic carbocycles. The molecule has 0 fully saturated rings. The fourth-order valence-electron chi connectivity index (χ4n) is 1.43. The van der Waals surface area contributed by atoms with Crippen LogP contribution >= 0.6 is 15.9 Å². The number of hydrogen-bond donors (Lipinski definition) is 0. The number of pyridine rings is 1. The van der Waals surface area contributed by atoms with E-state index in [0.29, 0.717) is 5.56 Å². The topological polar surface area (TPSA) is 33.2 Å². The first-order chi connectivity index (χ1) is 8.35. The lowest BCUT2D eigenvalue weighted by Gasteiger charge is -2.23. The first-order valence-electron chi connectivity index (χ1n) is 5.19. The van der Waals surface area contributed by atoms with Crippen molar-refractivity contribution >= 4 is 21.8 Å². The van der Waals surface area contributed by atoms with E-state index in [2.05, 4.69) is 20.9 Å². The van der Waals surface area contributed by atoms with Crippen molar-refractivity contribution in [2.45, 2.75) is 13.1 Å². The molecule has 1 rings (SSSR count). The summed E-state index contributed by atoms with van der Waals surface area (Å²) in [5, 5.41) is 0.278. The summed E-state index contributed by atoms with van der Waals surface area (Å²) in [6.07, 6.45) is -3.03. The zero-order chi connectivity index (χ0) is 13.8. The van der Waals surface area contributed by atoms with Gasteiger partial charge in [0.1, 0.15) is 12.2 Å². The SMILES string of the molecule is Cc1cccnc1C(=O)N(CCBr)CC(F)(F)F. The van der Waals surface area contributed by atoms with Gasteiger partial charge >= 0.3 is 6.18 Å². The smallest absolute Gasteiger partial charge is 0.327 e. The molecule has 0 atom stereocenters. The van der Waals surface area contributed by atoms with E-state index < -0.39 is 18.6 Å². The Morgan fingerprint density at radius 1 is 1.50 bits per heavy atom. The number of alkyl halides is 4. The van der Waals surface area contributed by atoms with E-state index in [-0.39, 0.29) is 17.6 Å². The van der Waals surface area contributed by atoms with Crippen LogP contribution in [0.2, 0.25) is 0 Å². The Bertz CT molecular complexity index is 423. The standard InChI is InChI=1S/C11H12BrF3N2O/c1-8-3-2-5-16-9(8)10(18)17(6-4-12)7-11(13,14)15/h2-3,5H,4,6-7H2,1H3. The molecule has 0 aromatic carbocycles. The normalized spacial score (nSPS) is 11.4. The molecule has 3 nitrogen and oxygen atoms in total. The molecule has 0 aliphatic rings. The summed E-state index contributed by atoms with van der Waals surface area (Å²) in [5.74, 6) is -0.704. The first kappa shape index (κ1) is 14.9. The molecule has 0 saturated carbocycles. The molecule has 100 valence electrons. The van der Waals surface area contributed by atoms with E-state index >= 15 is 0 Å². The third-order valence-electron chi connectivity index (χ3n) is 2.22. The summed E-state index contributed by atoms with van der Waals surface area (Å²) < 4.78 is 37.1. The minimum absolute atomic E-state index is 0.0195. The molecule has 1 aromatic heterocycles. The summed E-state index contributed by atoms with van der Waals surface area (Å²) in [6, 6.07) is 3.27. The third-order valence-corrected chi connectivity index (χ3v) is 2.58. The fraction of sp³-hybridized carbons (Fsp3) is 0.455. The number of rotatable bonds is 4. The van der Waals surface area contributed by atoms with E-state index in [1.165, 1.54) is 6.20 Å². The predicted molar refractivity (Wildman–Crippen MR) is 64.7 cm³/mol. The van der Waals surface area contributed by atoms with Gasteiger partial charge in [0.2, 0.25) is 0 Å². The van der Waals surface area contributed by atoms with Crippen LogP contribution in [0.4, 0.5) is 13.2 Å². The van der Waals surface area contributed by atoms with Crippen LogP contribution in [0.3, 0.4) is 0 Å². The number of amides is 1. The van der Waals surface area contributed by atoms with E-state index in [0.717, 1.165) is 4.90 Å². The zero-order valence-electron chi connectivity index (χ0n) is 9.67. The van der Waals surface area contributed by atoms with Crippen LogP contribution in [0.5, 0.6) is 0 Å². The van der Waals surface area contributed by atoms with Crippen molar-refractivity contribution in [1.29, 1.82) is 0 Å². The number of hydrogen-bond acceptors (Lipinski definition) is 2. The fourth-order valence-corrected chi connectivity index (χ4v) is 1.86. The van der Waals surface area contributed by atoms with Crippen molar-refractivity contribution in [2.75, 3.05) is 18.4 Å². The molecule has 1 aromatic rings. The third kappa shape index (κ3) is 4.29. The highest BCUT2D eigenvalue weighted by molar-refractivity contribution is 9.09. The van der Waals surface area contributed by atoms with Crippen LogP contribution in [-0.4, -0.2) is 40.4 Å². The Balaban J connectivity index is 2.93. The molecule has 0 radical (unpaired) electrons. The van der Waals surface area contributed by atoms with Gasteiger partial charge in [-0.2, -0.15) is 13.2 Å². The molecule has 1 amide bonds. The highest BCUT2D eigenvalue weighted by Gasteiger charge is 2.33. The molecule has 18 heavy (non-hydrogen) atoms. The van der Waals surface area contributed by atoms with Gasteiger partial charge in [-0.1, -0.05) is 22.0 Å². The minimum atomic E-state index is -4.42. The van der Waals surface area contributed by atoms with Crippen molar-refractivity contribution in [3.8, 4) is 0 Å². The lowest BCUT2D eigenvalue weighted by atomic mass is 10.2. The van der Waals surface area contributed by atoms with Crippen LogP contribution in [-0.2, 0) is 0 Å². The van der Waals surface area contributed by atoms with Crippen LogP contribution in [0, 0.1) is 6.92 Å². The largest absolute Gasteiger partial charge is 0.406 e. The molecule has 0 bridgehead atoms. The Morgan fingerprint density at radius 3 is 2.67 bits per heavy atom. The van der Waals surface area contributed by atoms with Crippen molar-refractivity contribution in [3.05, 3.63) is 29.6 Å². The summed E-state index contributed by atoms with van der Waals surface area (Å²) in [5.41, 5.74) is 0.618. The molecule has 0 saturated heterocycles. The molecule has 1 heterocycles. The van der Waals surface area contributed by atoms with E-state index in [1.54, 1.807) is 19.1 Å². The number of aryl methyl sites for hydroxylation is 1. The average molecular weight is 325 g/mol. The van der Waals surface area contributed by atoms with Crippen molar-refractivity contribution in [1.82, 2.24) is 9.88 Å². The monoisotopic (exact) mass is 324 g/mol. The van der Waals surface area contributed by atoms with Gasteiger partial charge in [0.05, 0.1) is 0 Å². The zero-order valence-corrected chi connectivity index (χ0v) is 11.3. The maximum Gasteiger partial charge on any atom is 0.406 e. The van der Waals surface area contributed by atoms with Gasteiger partial charge in [-0.25, -0.2) is 0 Å². The second kappa shape index (κ2) is 6.17. The van der Waals surface area contributed by atoms with Crippen LogP contribution in [0.25, 0.3) is 0 Å². The lowest BCUT2D eigenvalue weighted by molar-refractivity contribution is -0.140. The second-order valence-corrected chi connectivity index (χ2v) is 4.49. The van der Waals surface area contributed by atoms with Gasteiger partial charge in [0.25, 0.3) is 5.91 Å². The number of nitrogens with zero attached hydrogens (tertiary/aromatic N) is 2. The van der Waals surface area contributed by atoms with Gasteiger partial charge in [-0.15, -0.1) is 0 Å². The number of halogens is 4. The van der Waals surface area contributed by atoms with E-state index in [9.17, 15) is 18.0 Å². The molecular formula is C11H12BrF3N2O. The quantitative estimate of drug-likeness (QED) is 0.798. The highest BCUT2D eigenvalue weighted by atomic mass is 79.9. The summed E-state index contributed by atoms with van der Waals surface area (Å²) in [7, 11) is 0. The number of carbonyl (C=O) groups is 1. The van der Waals surface area contributed by atoms with E-state index in [4.69, 9.17) is 0 Å². The van der Waals surface area contributed by atoms with Crippen LogP contribution in [0.1, 0.15) is 16.1 Å². The van der Waals surface area contributed by atoms with Crippen molar-refractivity contribution in [2.24, 2.45) is 0 Å². The van der Waals surface area contributed by atoms with Crippen molar-refractivity contribution in [3.63, 3.8) is 0 Å². The Morgan fingerprint density at radius 2 is 2.17 bits per heavy atom. The first-order valence-corrected chi connectivity index (χ1v) is 6.31. The number of carbonyl (C=O) groups excluding carboxylic acids is 1. The molecular weight excluding hydrogens is 313 g/mol. The molecule has 0 aliphatic heterocycles. The van der Waals surface area contributed by atoms with Crippen LogP contribution < -0.4 is 0 Å². The Hall–Kier alpha value is -1.11. The summed E-state index contributed by atoms with van der Waals surface area (Å²) in [4.78, 5) is 16.6. The summed E-state index contributed by atoms with van der Waals surface area (Å²) >= 11 is 3.04. The van der Waals surface area contributed by atoms with Gasteiger partial charge in [-0.3, -0.25) is 9.78 Å². The predicted octanol–water partition coefficient (Wildman–Crippen LogP) is 2.79. The van der Waals surface area contributed by atoms with Crippen LogP contribution in [0.15, 0.2) is 18.3 Å². The van der Waals surface area contributed by atoms with Gasteiger partial charge in [0.15, 0.2) is 0 Å². The molecule has 0 N–H and O–H groups in total. The maximum absolute atomic E-state index is 12.4. The Kier molecular flexibility index (Phi) is 5.13. The average Bonchev–Trinajstić information content (AvgIpc) is 2.26. The summed E-state index contributed by atoms with van der Waals surface area (Å²) in [6.45, 7) is 0.349. The van der Waals surface area contributed by atoms with Gasteiger partial charge in [0, 0.05) is 18.1 Å². The lowest BCUT2D eigenvalue weighted by Crippen LogP contribution is -2.40. The molecule has 0 unspecified atom stereocenters. The van der Waals surface area contributed by atoms with E-state index in [1.807, 2.05) is 0 Å². The highest BCUT2D eigenvalue weighted by Crippen LogP contribution is 2.18. The van der Waals surface area contributed by atoms with Gasteiger partial charge < -0.3 is 4.90 Å². The maximum atomic E-state index is 12.4. The Labute approximate surface area is 111 Å².